The largest absolute Gasteiger partial charge is 0.494 e. The van der Waals surface area contributed by atoms with Crippen LogP contribution in [0.5, 0.6) is 5.88 Å². The number of esters is 1. The van der Waals surface area contributed by atoms with Crippen LogP contribution in [-0.4, -0.2) is 51.1 Å². The number of hydrogen-bond donors (Lipinski definition) is 2. The fourth-order valence-electron chi connectivity index (χ4n) is 4.99. The first-order chi connectivity index (χ1) is 19.0. The van der Waals surface area contributed by atoms with Gasteiger partial charge in [0.2, 0.25) is 5.91 Å². The Bertz CT molecular complexity index is 1720. The highest BCUT2D eigenvalue weighted by Crippen LogP contribution is 2.35. The van der Waals surface area contributed by atoms with E-state index in [1.807, 2.05) is 48.5 Å². The Kier molecular flexibility index (Phi) is 6.16. The van der Waals surface area contributed by atoms with E-state index in [1.165, 1.54) is 7.11 Å². The van der Waals surface area contributed by atoms with Crippen molar-refractivity contribution in [2.75, 3.05) is 18.6 Å². The second-order valence-corrected chi connectivity index (χ2v) is 9.24. The van der Waals surface area contributed by atoms with Gasteiger partial charge in [-0.15, -0.1) is 0 Å². The van der Waals surface area contributed by atoms with E-state index in [-0.39, 0.29) is 18.3 Å². The lowest BCUT2D eigenvalue weighted by Crippen LogP contribution is -2.32. The molecule has 3 aromatic carbocycles. The fourth-order valence-corrected chi connectivity index (χ4v) is 4.99. The molecule has 0 bridgehead atoms. The summed E-state index contributed by atoms with van der Waals surface area (Å²) in [7, 11) is 1.33. The summed E-state index contributed by atoms with van der Waals surface area (Å²) in [6, 6.07) is 22.3. The number of fused-ring (bicyclic) bond motifs is 2. The molecule has 0 saturated carbocycles. The summed E-state index contributed by atoms with van der Waals surface area (Å²) >= 11 is 0. The molecule has 0 radical (unpaired) electrons. The predicted molar refractivity (Wildman–Crippen MR) is 148 cm³/mol. The second kappa shape index (κ2) is 9.94. The summed E-state index contributed by atoms with van der Waals surface area (Å²) in [5, 5.41) is 15.8. The van der Waals surface area contributed by atoms with Crippen LogP contribution in [0.2, 0.25) is 0 Å². The molecule has 1 amide bonds. The van der Waals surface area contributed by atoms with Gasteiger partial charge in [-0.25, -0.2) is 9.79 Å². The monoisotopic (exact) mass is 519 g/mol. The first kappa shape index (κ1) is 24.2. The van der Waals surface area contributed by atoms with Crippen LogP contribution in [0.3, 0.4) is 0 Å². The number of amides is 1. The van der Waals surface area contributed by atoms with Crippen LogP contribution in [0.15, 0.2) is 90.2 Å². The summed E-state index contributed by atoms with van der Waals surface area (Å²) in [4.78, 5) is 34.7. The zero-order chi connectivity index (χ0) is 26.9. The number of aromatic hydroxyl groups is 1. The highest BCUT2D eigenvalue weighted by atomic mass is 16.5. The molecular weight excluding hydrogens is 494 g/mol. The van der Waals surface area contributed by atoms with Gasteiger partial charge in [0.1, 0.15) is 6.54 Å². The van der Waals surface area contributed by atoms with Crippen molar-refractivity contribution in [3.05, 3.63) is 107 Å². The summed E-state index contributed by atoms with van der Waals surface area (Å²) in [5.74, 6) is -0.528. The van der Waals surface area contributed by atoms with Crippen LogP contribution in [0.4, 0.5) is 11.4 Å². The topological polar surface area (TPSA) is 113 Å². The van der Waals surface area contributed by atoms with Crippen molar-refractivity contribution >= 4 is 39.9 Å². The molecule has 0 saturated heterocycles. The van der Waals surface area contributed by atoms with Crippen molar-refractivity contribution in [2.45, 2.75) is 13.0 Å². The molecule has 2 aromatic heterocycles. The molecule has 0 atom stereocenters. The standard InChI is InChI=1S/C30H25N5O4/c1-39-30(38)21-8-10-23-24(17-21)33-29(37)27(23)28(19-6-3-2-4-7-19)32-22-9-11-25-20(16-22)12-15-35(25)26(36)18-34-14-5-13-31-34/h2-11,13-14,16-17,33,37H,12,15,18H2,1H3. The quantitative estimate of drug-likeness (QED) is 0.251. The highest BCUT2D eigenvalue weighted by Gasteiger charge is 2.26. The molecule has 2 N–H and O–H groups in total. The molecule has 194 valence electrons. The van der Waals surface area contributed by atoms with E-state index in [0.717, 1.165) is 28.6 Å². The molecule has 1 aliphatic heterocycles. The Morgan fingerprint density at radius 3 is 2.67 bits per heavy atom. The van der Waals surface area contributed by atoms with Crippen molar-refractivity contribution in [3.63, 3.8) is 0 Å². The van der Waals surface area contributed by atoms with E-state index in [9.17, 15) is 14.7 Å². The maximum absolute atomic E-state index is 12.9. The smallest absolute Gasteiger partial charge is 0.337 e. The van der Waals surface area contributed by atoms with Gasteiger partial charge in [0.25, 0.3) is 0 Å². The maximum Gasteiger partial charge on any atom is 0.337 e. The SMILES string of the molecule is COC(=O)c1ccc2c(C(=Nc3ccc4c(c3)CCN4C(=O)Cn3cccn3)c3ccccc3)c(O)[nH]c2c1. The van der Waals surface area contributed by atoms with Gasteiger partial charge in [0.05, 0.1) is 29.6 Å². The van der Waals surface area contributed by atoms with E-state index in [4.69, 9.17) is 9.73 Å². The molecule has 6 rings (SSSR count). The zero-order valence-electron chi connectivity index (χ0n) is 21.2. The number of aromatic nitrogens is 3. The van der Waals surface area contributed by atoms with Crippen molar-refractivity contribution in [1.29, 1.82) is 0 Å². The molecule has 0 spiro atoms. The number of aromatic amines is 1. The van der Waals surface area contributed by atoms with E-state index < -0.39 is 5.97 Å². The van der Waals surface area contributed by atoms with Crippen molar-refractivity contribution in [3.8, 4) is 5.88 Å². The van der Waals surface area contributed by atoms with Gasteiger partial charge in [-0.1, -0.05) is 36.4 Å². The number of nitrogens with zero attached hydrogens (tertiary/aromatic N) is 4. The highest BCUT2D eigenvalue weighted by molar-refractivity contribution is 6.22. The molecule has 0 fully saturated rings. The third-order valence-electron chi connectivity index (χ3n) is 6.84. The number of carbonyl (C=O) groups is 2. The third-order valence-corrected chi connectivity index (χ3v) is 6.84. The Hall–Kier alpha value is -5.18. The lowest BCUT2D eigenvalue weighted by atomic mass is 10.00. The molecule has 5 aromatic rings. The molecule has 39 heavy (non-hydrogen) atoms. The van der Waals surface area contributed by atoms with Gasteiger partial charge >= 0.3 is 5.97 Å². The summed E-state index contributed by atoms with van der Waals surface area (Å²) in [5.41, 5.74) is 5.51. The minimum absolute atomic E-state index is 0.0197. The van der Waals surface area contributed by atoms with E-state index in [0.29, 0.717) is 34.6 Å². The predicted octanol–water partition coefficient (Wildman–Crippen LogP) is 4.62. The molecule has 0 unspecified atom stereocenters. The lowest BCUT2D eigenvalue weighted by Gasteiger charge is -2.17. The van der Waals surface area contributed by atoms with Gasteiger partial charge in [0, 0.05) is 41.1 Å². The number of hydrogen-bond acceptors (Lipinski definition) is 6. The van der Waals surface area contributed by atoms with E-state index in [2.05, 4.69) is 10.1 Å². The van der Waals surface area contributed by atoms with Crippen LogP contribution in [0, 0.1) is 0 Å². The minimum Gasteiger partial charge on any atom is -0.494 e. The minimum atomic E-state index is -0.459. The van der Waals surface area contributed by atoms with E-state index in [1.54, 1.807) is 46.2 Å². The van der Waals surface area contributed by atoms with E-state index >= 15 is 0 Å². The van der Waals surface area contributed by atoms with Crippen molar-refractivity contribution < 1.29 is 19.4 Å². The van der Waals surface area contributed by atoms with Crippen LogP contribution < -0.4 is 4.90 Å². The average molecular weight is 520 g/mol. The Morgan fingerprint density at radius 1 is 1.05 bits per heavy atom. The Labute approximate surface area is 224 Å². The number of H-pyrrole nitrogens is 1. The number of aliphatic imine (C=N–C) groups is 1. The number of rotatable bonds is 6. The van der Waals surface area contributed by atoms with Crippen LogP contribution in [0.1, 0.15) is 27.0 Å². The Morgan fingerprint density at radius 2 is 1.90 bits per heavy atom. The molecular formula is C30H25N5O4. The normalized spacial score (nSPS) is 13.1. The summed E-state index contributed by atoms with van der Waals surface area (Å²) in [6.07, 6.45) is 4.15. The Balaban J connectivity index is 1.40. The number of nitrogens with one attached hydrogen (secondary N) is 1. The van der Waals surface area contributed by atoms with Gasteiger partial charge in [-0.05, 0) is 48.4 Å². The summed E-state index contributed by atoms with van der Waals surface area (Å²) in [6.45, 7) is 0.780. The number of ether oxygens (including phenoxy) is 1. The number of methoxy groups -OCH3 is 1. The number of anilines is 1. The van der Waals surface area contributed by atoms with Gasteiger partial charge < -0.3 is 19.7 Å². The number of carbonyl (C=O) groups excluding carboxylic acids is 2. The lowest BCUT2D eigenvalue weighted by molar-refractivity contribution is -0.119. The molecule has 9 heteroatoms. The summed E-state index contributed by atoms with van der Waals surface area (Å²) < 4.78 is 6.45. The molecule has 0 aliphatic carbocycles. The first-order valence-electron chi connectivity index (χ1n) is 12.5. The molecule has 1 aliphatic rings. The third kappa shape index (κ3) is 4.54. The first-order valence-corrected chi connectivity index (χ1v) is 12.5. The van der Waals surface area contributed by atoms with Gasteiger partial charge in [0.15, 0.2) is 5.88 Å². The van der Waals surface area contributed by atoms with Gasteiger partial charge in [-0.3, -0.25) is 9.48 Å². The average Bonchev–Trinajstić information content (AvgIpc) is 3.69. The van der Waals surface area contributed by atoms with Crippen LogP contribution in [0.25, 0.3) is 10.9 Å². The van der Waals surface area contributed by atoms with Crippen LogP contribution in [-0.2, 0) is 22.5 Å². The number of benzene rings is 3. The molecule has 9 nitrogen and oxygen atoms in total. The van der Waals surface area contributed by atoms with Crippen molar-refractivity contribution in [2.24, 2.45) is 4.99 Å². The van der Waals surface area contributed by atoms with Crippen molar-refractivity contribution in [1.82, 2.24) is 14.8 Å². The fraction of sp³-hybridized carbons (Fsp3) is 0.133. The van der Waals surface area contributed by atoms with Gasteiger partial charge in [-0.2, -0.15) is 5.10 Å². The molecule has 3 heterocycles. The zero-order valence-corrected chi connectivity index (χ0v) is 21.2. The second-order valence-electron chi connectivity index (χ2n) is 9.24. The van der Waals surface area contributed by atoms with Crippen LogP contribution >= 0.6 is 0 Å². The maximum atomic E-state index is 12.9.